The molecule has 0 spiro atoms. The second kappa shape index (κ2) is 12.1. The Labute approximate surface area is 200 Å². The molecule has 0 aromatic heterocycles. The van der Waals surface area contributed by atoms with Crippen molar-refractivity contribution in [2.45, 2.75) is 83.3 Å². The van der Waals surface area contributed by atoms with E-state index < -0.39 is 5.60 Å². The van der Waals surface area contributed by atoms with Gasteiger partial charge in [0, 0.05) is 30.6 Å². The number of hydrogen-bond donors (Lipinski definition) is 2. The molecule has 33 heavy (non-hydrogen) atoms. The number of nitrogens with zero attached hydrogens (tertiary/aromatic N) is 1. The minimum absolute atomic E-state index is 0.0676. The van der Waals surface area contributed by atoms with Crippen molar-refractivity contribution in [3.63, 3.8) is 0 Å². The van der Waals surface area contributed by atoms with Gasteiger partial charge in [0.25, 0.3) is 0 Å². The molecule has 2 aliphatic rings. The molecule has 1 amide bonds. The molecule has 1 aromatic rings. The Balaban J connectivity index is 1.82. The van der Waals surface area contributed by atoms with Crippen LogP contribution in [-0.2, 0) is 4.79 Å². The van der Waals surface area contributed by atoms with Crippen LogP contribution in [0.4, 0.5) is 0 Å². The SMILES string of the molecule is CCCCC(CC)CNC(=O)CN1CCC2(O)CCCCC2[C@@H]1c1cc(OC)ccc1OC. The summed E-state index contributed by atoms with van der Waals surface area (Å²) < 4.78 is 11.2. The maximum atomic E-state index is 13.0. The smallest absolute Gasteiger partial charge is 0.234 e. The van der Waals surface area contributed by atoms with Gasteiger partial charge >= 0.3 is 0 Å². The molecule has 6 heteroatoms. The van der Waals surface area contributed by atoms with Gasteiger partial charge in [0.15, 0.2) is 0 Å². The predicted molar refractivity (Wildman–Crippen MR) is 132 cm³/mol. The quantitative estimate of drug-likeness (QED) is 0.501. The zero-order chi connectivity index (χ0) is 23.8. The van der Waals surface area contributed by atoms with E-state index in [4.69, 9.17) is 9.47 Å². The second-order valence-corrected chi connectivity index (χ2v) is 9.95. The van der Waals surface area contributed by atoms with Crippen molar-refractivity contribution < 1.29 is 19.4 Å². The lowest BCUT2D eigenvalue weighted by molar-refractivity contribution is -0.138. The van der Waals surface area contributed by atoms with Crippen LogP contribution in [0.15, 0.2) is 18.2 Å². The van der Waals surface area contributed by atoms with Crippen molar-refractivity contribution in [2.24, 2.45) is 11.8 Å². The molecular weight excluding hydrogens is 416 g/mol. The van der Waals surface area contributed by atoms with Crippen LogP contribution >= 0.6 is 0 Å². The Bertz CT molecular complexity index is 770. The summed E-state index contributed by atoms with van der Waals surface area (Å²) in [7, 11) is 3.34. The van der Waals surface area contributed by atoms with Crippen LogP contribution in [0.5, 0.6) is 11.5 Å². The number of likely N-dealkylation sites (tertiary alicyclic amines) is 1. The van der Waals surface area contributed by atoms with Crippen LogP contribution in [0.25, 0.3) is 0 Å². The zero-order valence-corrected chi connectivity index (χ0v) is 21.1. The van der Waals surface area contributed by atoms with E-state index in [1.807, 2.05) is 18.2 Å². The number of carbonyl (C=O) groups excluding carboxylic acids is 1. The van der Waals surface area contributed by atoms with Crippen LogP contribution in [0.1, 0.15) is 83.2 Å². The van der Waals surface area contributed by atoms with Gasteiger partial charge in [0.1, 0.15) is 11.5 Å². The van der Waals surface area contributed by atoms with Crippen molar-refractivity contribution in [1.29, 1.82) is 0 Å². The monoisotopic (exact) mass is 460 g/mol. The molecule has 1 saturated carbocycles. The van der Waals surface area contributed by atoms with Gasteiger partial charge in [-0.2, -0.15) is 0 Å². The van der Waals surface area contributed by atoms with E-state index in [1.54, 1.807) is 14.2 Å². The summed E-state index contributed by atoms with van der Waals surface area (Å²) in [5.74, 6) is 2.22. The van der Waals surface area contributed by atoms with Gasteiger partial charge in [-0.25, -0.2) is 0 Å². The van der Waals surface area contributed by atoms with E-state index >= 15 is 0 Å². The molecule has 6 nitrogen and oxygen atoms in total. The number of fused-ring (bicyclic) bond motifs is 1. The van der Waals surface area contributed by atoms with Crippen LogP contribution in [-0.4, -0.2) is 55.4 Å². The number of piperidine rings is 1. The second-order valence-electron chi connectivity index (χ2n) is 9.95. The molecule has 3 rings (SSSR count). The minimum atomic E-state index is -0.683. The molecule has 1 aliphatic heterocycles. The Morgan fingerprint density at radius 2 is 2.06 bits per heavy atom. The Kier molecular flexibility index (Phi) is 9.45. The summed E-state index contributed by atoms with van der Waals surface area (Å²) in [6.45, 7) is 6.18. The zero-order valence-electron chi connectivity index (χ0n) is 21.1. The van der Waals surface area contributed by atoms with Crippen molar-refractivity contribution >= 4 is 5.91 Å². The number of nitrogens with one attached hydrogen (secondary N) is 1. The fraction of sp³-hybridized carbons (Fsp3) is 0.741. The lowest BCUT2D eigenvalue weighted by Crippen LogP contribution is -2.56. The van der Waals surface area contributed by atoms with Crippen molar-refractivity contribution in [1.82, 2.24) is 10.2 Å². The molecule has 1 aliphatic carbocycles. The highest BCUT2D eigenvalue weighted by atomic mass is 16.5. The standard InChI is InChI=1S/C27H44N2O4/c1-5-7-10-20(6-2)18-28-25(30)19-29-16-15-27(31)14-9-8-11-23(27)26(29)22-17-21(32-3)12-13-24(22)33-4/h12-13,17,20,23,26,31H,5-11,14-16,18-19H2,1-4H3,(H,28,30)/t20?,23?,26-,27?/m0/s1. The van der Waals surface area contributed by atoms with E-state index in [2.05, 4.69) is 24.1 Å². The molecule has 2 N–H and O–H groups in total. The number of ether oxygens (including phenoxy) is 2. The van der Waals surface area contributed by atoms with Gasteiger partial charge in [-0.3, -0.25) is 9.69 Å². The lowest BCUT2D eigenvalue weighted by atomic mass is 9.66. The largest absolute Gasteiger partial charge is 0.497 e. The van der Waals surface area contributed by atoms with Gasteiger partial charge in [-0.05, 0) is 49.8 Å². The summed E-state index contributed by atoms with van der Waals surface area (Å²) in [5, 5.41) is 14.8. The maximum absolute atomic E-state index is 13.0. The maximum Gasteiger partial charge on any atom is 0.234 e. The normalized spacial score (nSPS) is 26.3. The van der Waals surface area contributed by atoms with Crippen molar-refractivity contribution in [3.05, 3.63) is 23.8 Å². The molecule has 4 atom stereocenters. The molecule has 3 unspecified atom stereocenters. The van der Waals surface area contributed by atoms with Gasteiger partial charge in [-0.15, -0.1) is 0 Å². The first kappa shape index (κ1) is 25.8. The van der Waals surface area contributed by atoms with Crippen LogP contribution in [0, 0.1) is 11.8 Å². The number of aliphatic hydroxyl groups is 1. The first-order valence-corrected chi connectivity index (χ1v) is 12.9. The van der Waals surface area contributed by atoms with Crippen molar-refractivity contribution in [3.8, 4) is 11.5 Å². The summed E-state index contributed by atoms with van der Waals surface area (Å²) in [6.07, 6.45) is 9.30. The Hall–Kier alpha value is -1.79. The average molecular weight is 461 g/mol. The fourth-order valence-corrected chi connectivity index (χ4v) is 5.85. The third-order valence-electron chi connectivity index (χ3n) is 7.90. The number of methoxy groups -OCH3 is 2. The van der Waals surface area contributed by atoms with E-state index in [1.165, 1.54) is 12.8 Å². The van der Waals surface area contributed by atoms with Gasteiger partial charge in [-0.1, -0.05) is 46.0 Å². The van der Waals surface area contributed by atoms with Crippen LogP contribution < -0.4 is 14.8 Å². The minimum Gasteiger partial charge on any atom is -0.497 e. The summed E-state index contributed by atoms with van der Waals surface area (Å²) >= 11 is 0. The summed E-state index contributed by atoms with van der Waals surface area (Å²) in [4.78, 5) is 15.3. The highest BCUT2D eigenvalue weighted by Crippen LogP contribution is 2.51. The molecular formula is C27H44N2O4. The summed E-state index contributed by atoms with van der Waals surface area (Å²) in [6, 6.07) is 5.77. The van der Waals surface area contributed by atoms with Gasteiger partial charge in [0.2, 0.25) is 5.91 Å². The predicted octanol–water partition coefficient (Wildman–Crippen LogP) is 4.70. The fourth-order valence-electron chi connectivity index (χ4n) is 5.85. The van der Waals surface area contributed by atoms with E-state index in [0.29, 0.717) is 25.4 Å². The number of rotatable bonds is 11. The molecule has 1 saturated heterocycles. The van der Waals surface area contributed by atoms with Crippen molar-refractivity contribution in [2.75, 3.05) is 33.9 Å². The van der Waals surface area contributed by atoms with Gasteiger partial charge in [0.05, 0.1) is 26.4 Å². The molecule has 0 bridgehead atoms. The lowest BCUT2D eigenvalue weighted by Gasteiger charge is -2.52. The molecule has 0 radical (unpaired) electrons. The third-order valence-corrected chi connectivity index (χ3v) is 7.90. The topological polar surface area (TPSA) is 71.0 Å². The Morgan fingerprint density at radius 3 is 2.76 bits per heavy atom. The summed E-state index contributed by atoms with van der Waals surface area (Å²) in [5.41, 5.74) is 0.321. The average Bonchev–Trinajstić information content (AvgIpc) is 2.83. The number of unbranched alkanes of at least 4 members (excludes halogenated alkanes) is 1. The van der Waals surface area contributed by atoms with Crippen LogP contribution in [0.3, 0.4) is 0 Å². The number of hydrogen-bond acceptors (Lipinski definition) is 5. The van der Waals surface area contributed by atoms with E-state index in [9.17, 15) is 9.90 Å². The third kappa shape index (κ3) is 6.21. The number of benzene rings is 1. The van der Waals surface area contributed by atoms with E-state index in [0.717, 1.165) is 62.1 Å². The van der Waals surface area contributed by atoms with Crippen LogP contribution in [0.2, 0.25) is 0 Å². The number of amides is 1. The molecule has 1 heterocycles. The first-order valence-electron chi connectivity index (χ1n) is 12.9. The molecule has 2 fully saturated rings. The molecule has 186 valence electrons. The number of carbonyl (C=O) groups is 1. The first-order chi connectivity index (χ1) is 16.0. The van der Waals surface area contributed by atoms with E-state index in [-0.39, 0.29) is 17.9 Å². The molecule has 1 aromatic carbocycles. The highest BCUT2D eigenvalue weighted by Gasteiger charge is 2.50. The highest BCUT2D eigenvalue weighted by molar-refractivity contribution is 5.78. The Morgan fingerprint density at radius 1 is 1.24 bits per heavy atom. The van der Waals surface area contributed by atoms with Gasteiger partial charge < -0.3 is 19.9 Å².